The van der Waals surface area contributed by atoms with E-state index >= 15 is 0 Å². The minimum atomic E-state index is -0.849. The van der Waals surface area contributed by atoms with Crippen LogP contribution in [0.5, 0.6) is 5.75 Å². The summed E-state index contributed by atoms with van der Waals surface area (Å²) < 4.78 is 23.2. The maximum absolute atomic E-state index is 13.6. The van der Waals surface area contributed by atoms with Crippen LogP contribution in [0.25, 0.3) is 0 Å². The lowest BCUT2D eigenvalue weighted by atomic mass is 10.2. The van der Waals surface area contributed by atoms with Crippen molar-refractivity contribution in [1.82, 2.24) is 0 Å². The smallest absolute Gasteiger partial charge is 0.338 e. The van der Waals surface area contributed by atoms with Gasteiger partial charge in [0.1, 0.15) is 0 Å². The van der Waals surface area contributed by atoms with E-state index in [4.69, 9.17) is 32.7 Å². The molecule has 132 valence electrons. The number of halogens is 3. The summed E-state index contributed by atoms with van der Waals surface area (Å²) in [4.78, 5) is 23.8. The summed E-state index contributed by atoms with van der Waals surface area (Å²) >= 11 is 12.1. The number of aryl methyl sites for hydroxylation is 1. The highest BCUT2D eigenvalue weighted by Gasteiger charge is 2.15. The molecule has 2 rings (SSSR count). The van der Waals surface area contributed by atoms with E-state index in [2.05, 4.69) is 5.32 Å². The molecule has 2 aromatic carbocycles. The summed E-state index contributed by atoms with van der Waals surface area (Å²) in [6, 6.07) is 6.88. The Kier molecular flexibility index (Phi) is 6.22. The number of esters is 1. The van der Waals surface area contributed by atoms with Crippen LogP contribution in [0.4, 0.5) is 10.1 Å². The number of anilines is 1. The number of hydrogen-bond acceptors (Lipinski definition) is 4. The van der Waals surface area contributed by atoms with E-state index in [1.54, 1.807) is 19.1 Å². The highest BCUT2D eigenvalue weighted by atomic mass is 35.5. The molecule has 0 aromatic heterocycles. The van der Waals surface area contributed by atoms with Gasteiger partial charge >= 0.3 is 5.97 Å². The predicted octanol–water partition coefficient (Wildman–Crippen LogP) is 4.25. The van der Waals surface area contributed by atoms with Crippen molar-refractivity contribution < 1.29 is 23.5 Å². The Morgan fingerprint density at radius 1 is 1.20 bits per heavy atom. The van der Waals surface area contributed by atoms with Gasteiger partial charge in [0, 0.05) is 0 Å². The van der Waals surface area contributed by atoms with E-state index in [1.165, 1.54) is 19.2 Å². The first kappa shape index (κ1) is 19.0. The molecular formula is C17H14Cl2FNO4. The molecule has 0 spiro atoms. The first-order valence-corrected chi connectivity index (χ1v) is 7.84. The molecule has 2 aromatic rings. The van der Waals surface area contributed by atoms with Crippen LogP contribution in [0.3, 0.4) is 0 Å². The molecular weight excluding hydrogens is 372 g/mol. The Bertz CT molecular complexity index is 827. The number of ether oxygens (including phenoxy) is 2. The van der Waals surface area contributed by atoms with E-state index in [0.717, 1.165) is 11.6 Å². The van der Waals surface area contributed by atoms with Crippen LogP contribution in [-0.2, 0) is 9.53 Å². The van der Waals surface area contributed by atoms with E-state index in [9.17, 15) is 14.0 Å². The minimum absolute atomic E-state index is 0.00183. The number of amides is 1. The SMILES string of the molecule is COc1ccc(C(=O)OCC(=O)Nc2c(Cl)ccc(C)c2Cl)cc1F. The molecule has 0 aliphatic rings. The van der Waals surface area contributed by atoms with Crippen molar-refractivity contribution in [2.24, 2.45) is 0 Å². The van der Waals surface area contributed by atoms with Crippen molar-refractivity contribution in [3.05, 3.63) is 57.3 Å². The van der Waals surface area contributed by atoms with Gasteiger partial charge in [-0.2, -0.15) is 0 Å². The Labute approximate surface area is 153 Å². The standard InChI is InChI=1S/C17H14Cl2FNO4/c1-9-3-5-11(18)16(15(9)19)21-14(22)8-25-17(23)10-4-6-13(24-2)12(20)7-10/h3-7H,8H2,1-2H3,(H,21,22). The zero-order valence-corrected chi connectivity index (χ0v) is 14.9. The van der Waals surface area contributed by atoms with Gasteiger partial charge in [-0.1, -0.05) is 29.3 Å². The molecule has 0 saturated heterocycles. The first-order chi connectivity index (χ1) is 11.8. The second-order valence-corrected chi connectivity index (χ2v) is 5.81. The highest BCUT2D eigenvalue weighted by Crippen LogP contribution is 2.32. The number of carbonyl (C=O) groups excluding carboxylic acids is 2. The molecule has 0 aliphatic heterocycles. The van der Waals surface area contributed by atoms with Gasteiger partial charge < -0.3 is 14.8 Å². The van der Waals surface area contributed by atoms with Gasteiger partial charge in [-0.15, -0.1) is 0 Å². The Morgan fingerprint density at radius 3 is 2.56 bits per heavy atom. The number of benzene rings is 2. The fourth-order valence-electron chi connectivity index (χ4n) is 1.95. The molecule has 0 unspecified atom stereocenters. The lowest BCUT2D eigenvalue weighted by Crippen LogP contribution is -2.21. The third kappa shape index (κ3) is 4.61. The fourth-order valence-corrected chi connectivity index (χ4v) is 2.42. The number of rotatable bonds is 5. The second kappa shape index (κ2) is 8.18. The molecule has 0 heterocycles. The van der Waals surface area contributed by atoms with Crippen LogP contribution in [0.15, 0.2) is 30.3 Å². The molecule has 25 heavy (non-hydrogen) atoms. The van der Waals surface area contributed by atoms with Crippen LogP contribution in [-0.4, -0.2) is 25.6 Å². The summed E-state index contributed by atoms with van der Waals surface area (Å²) in [5, 5.41) is 3.03. The molecule has 0 fully saturated rings. The van der Waals surface area contributed by atoms with E-state index in [0.29, 0.717) is 5.02 Å². The summed E-state index contributed by atoms with van der Waals surface area (Å²) in [5.74, 6) is -2.19. The minimum Gasteiger partial charge on any atom is -0.494 e. The topological polar surface area (TPSA) is 64.6 Å². The number of methoxy groups -OCH3 is 1. The quantitative estimate of drug-likeness (QED) is 0.781. The first-order valence-electron chi connectivity index (χ1n) is 7.08. The molecule has 0 aliphatic carbocycles. The molecule has 0 radical (unpaired) electrons. The zero-order chi connectivity index (χ0) is 18.6. The van der Waals surface area contributed by atoms with Crippen molar-refractivity contribution in [3.63, 3.8) is 0 Å². The normalized spacial score (nSPS) is 10.3. The van der Waals surface area contributed by atoms with Gasteiger partial charge in [-0.25, -0.2) is 9.18 Å². The van der Waals surface area contributed by atoms with E-state index in [-0.39, 0.29) is 22.0 Å². The van der Waals surface area contributed by atoms with Gasteiger partial charge in [0.05, 0.1) is 28.4 Å². The maximum atomic E-state index is 13.6. The molecule has 1 amide bonds. The third-order valence-electron chi connectivity index (χ3n) is 3.27. The Balaban J connectivity index is 1.99. The summed E-state index contributed by atoms with van der Waals surface area (Å²) in [6.07, 6.45) is 0. The van der Waals surface area contributed by atoms with Gasteiger partial charge in [-0.3, -0.25) is 4.79 Å². The largest absolute Gasteiger partial charge is 0.494 e. The van der Waals surface area contributed by atoms with Crippen molar-refractivity contribution in [1.29, 1.82) is 0 Å². The molecule has 0 atom stereocenters. The van der Waals surface area contributed by atoms with Crippen molar-refractivity contribution >= 4 is 40.8 Å². The number of hydrogen-bond donors (Lipinski definition) is 1. The van der Waals surface area contributed by atoms with Gasteiger partial charge in [-0.05, 0) is 36.8 Å². The van der Waals surface area contributed by atoms with Crippen molar-refractivity contribution in [3.8, 4) is 5.75 Å². The van der Waals surface area contributed by atoms with E-state index in [1.807, 2.05) is 0 Å². The van der Waals surface area contributed by atoms with Crippen LogP contribution in [0, 0.1) is 12.7 Å². The molecule has 1 N–H and O–H groups in total. The maximum Gasteiger partial charge on any atom is 0.338 e. The molecule has 8 heteroatoms. The van der Waals surface area contributed by atoms with Crippen LogP contribution >= 0.6 is 23.2 Å². The fraction of sp³-hybridized carbons (Fsp3) is 0.176. The number of carbonyl (C=O) groups is 2. The molecule has 0 bridgehead atoms. The van der Waals surface area contributed by atoms with Gasteiger partial charge in [0.15, 0.2) is 18.2 Å². The zero-order valence-electron chi connectivity index (χ0n) is 13.4. The molecule has 0 saturated carbocycles. The average Bonchev–Trinajstić information content (AvgIpc) is 2.59. The van der Waals surface area contributed by atoms with Crippen LogP contribution in [0.1, 0.15) is 15.9 Å². The Morgan fingerprint density at radius 2 is 1.92 bits per heavy atom. The third-order valence-corrected chi connectivity index (χ3v) is 4.07. The predicted molar refractivity (Wildman–Crippen MR) is 93.1 cm³/mol. The van der Waals surface area contributed by atoms with Crippen molar-refractivity contribution in [2.45, 2.75) is 6.92 Å². The summed E-state index contributed by atoms with van der Waals surface area (Å²) in [5.41, 5.74) is 0.921. The summed E-state index contributed by atoms with van der Waals surface area (Å²) in [7, 11) is 1.31. The highest BCUT2D eigenvalue weighted by molar-refractivity contribution is 6.40. The number of nitrogens with one attached hydrogen (secondary N) is 1. The van der Waals surface area contributed by atoms with Gasteiger partial charge in [0.25, 0.3) is 5.91 Å². The summed E-state index contributed by atoms with van der Waals surface area (Å²) in [6.45, 7) is 1.18. The Hall–Kier alpha value is -2.31. The van der Waals surface area contributed by atoms with Crippen molar-refractivity contribution in [2.75, 3.05) is 19.0 Å². The lowest BCUT2D eigenvalue weighted by molar-refractivity contribution is -0.119. The second-order valence-electron chi connectivity index (χ2n) is 5.03. The molecule has 5 nitrogen and oxygen atoms in total. The van der Waals surface area contributed by atoms with Crippen LogP contribution in [0.2, 0.25) is 10.0 Å². The monoisotopic (exact) mass is 385 g/mol. The van der Waals surface area contributed by atoms with E-state index < -0.39 is 24.3 Å². The lowest BCUT2D eigenvalue weighted by Gasteiger charge is -2.11. The average molecular weight is 386 g/mol. The van der Waals surface area contributed by atoms with Crippen LogP contribution < -0.4 is 10.1 Å². The van der Waals surface area contributed by atoms with Gasteiger partial charge in [0.2, 0.25) is 0 Å².